The number of ether oxygens (including phenoxy) is 1. The SMILES string of the molecule is COc1cc(C(C)(C)C)ccc1C(=O)Nc1cccc(C2CCCN2C)c1. The molecule has 0 aromatic heterocycles. The molecule has 1 fully saturated rings. The number of carbonyl (C=O) groups is 1. The monoisotopic (exact) mass is 366 g/mol. The molecule has 1 unspecified atom stereocenters. The van der Waals surface area contributed by atoms with Crippen LogP contribution in [0.15, 0.2) is 42.5 Å². The lowest BCUT2D eigenvalue weighted by molar-refractivity contribution is 0.102. The Bertz CT molecular complexity index is 823. The van der Waals surface area contributed by atoms with Gasteiger partial charge in [-0.2, -0.15) is 0 Å². The number of rotatable bonds is 4. The van der Waals surface area contributed by atoms with E-state index in [0.717, 1.165) is 24.2 Å². The normalized spacial score (nSPS) is 17.7. The van der Waals surface area contributed by atoms with Gasteiger partial charge in [0.1, 0.15) is 5.75 Å². The Morgan fingerprint density at radius 3 is 2.59 bits per heavy atom. The first-order valence-electron chi connectivity index (χ1n) is 9.59. The van der Waals surface area contributed by atoms with Crippen molar-refractivity contribution in [2.24, 2.45) is 0 Å². The minimum Gasteiger partial charge on any atom is -0.496 e. The quantitative estimate of drug-likeness (QED) is 0.827. The molecule has 1 N–H and O–H groups in total. The Morgan fingerprint density at radius 1 is 1.19 bits per heavy atom. The molecule has 1 aliphatic rings. The number of benzene rings is 2. The standard InChI is InChI=1S/C23H30N2O2/c1-23(2,3)17-11-12-19(21(15-17)27-5)22(26)24-18-9-6-8-16(14-18)20-10-7-13-25(20)4/h6,8-9,11-12,14-15,20H,7,10,13H2,1-5H3,(H,24,26). The van der Waals surface area contributed by atoms with Crippen molar-refractivity contribution in [2.75, 3.05) is 26.0 Å². The van der Waals surface area contributed by atoms with E-state index in [4.69, 9.17) is 4.74 Å². The van der Waals surface area contributed by atoms with Crippen LogP contribution in [0.1, 0.15) is 61.1 Å². The van der Waals surface area contributed by atoms with Crippen LogP contribution in [0, 0.1) is 0 Å². The Morgan fingerprint density at radius 2 is 1.96 bits per heavy atom. The third-order valence-corrected chi connectivity index (χ3v) is 5.36. The fourth-order valence-electron chi connectivity index (χ4n) is 3.70. The lowest BCUT2D eigenvalue weighted by Gasteiger charge is -2.21. The van der Waals surface area contributed by atoms with Crippen LogP contribution in [0.2, 0.25) is 0 Å². The van der Waals surface area contributed by atoms with E-state index < -0.39 is 0 Å². The maximum atomic E-state index is 12.9. The molecular weight excluding hydrogens is 336 g/mol. The molecule has 4 nitrogen and oxygen atoms in total. The molecule has 0 spiro atoms. The Balaban J connectivity index is 1.81. The molecule has 27 heavy (non-hydrogen) atoms. The number of amides is 1. The van der Waals surface area contributed by atoms with Crippen LogP contribution in [-0.2, 0) is 5.41 Å². The number of hydrogen-bond acceptors (Lipinski definition) is 3. The van der Waals surface area contributed by atoms with Crippen molar-refractivity contribution in [3.8, 4) is 5.75 Å². The maximum Gasteiger partial charge on any atom is 0.259 e. The van der Waals surface area contributed by atoms with E-state index in [1.54, 1.807) is 7.11 Å². The lowest BCUT2D eigenvalue weighted by Crippen LogP contribution is -2.18. The zero-order chi connectivity index (χ0) is 19.6. The van der Waals surface area contributed by atoms with Crippen molar-refractivity contribution in [3.63, 3.8) is 0 Å². The molecule has 3 rings (SSSR count). The number of nitrogens with one attached hydrogen (secondary N) is 1. The van der Waals surface area contributed by atoms with Gasteiger partial charge in [-0.15, -0.1) is 0 Å². The number of carbonyl (C=O) groups excluding carboxylic acids is 1. The fourth-order valence-corrected chi connectivity index (χ4v) is 3.70. The zero-order valence-corrected chi connectivity index (χ0v) is 17.0. The second-order valence-corrected chi connectivity index (χ2v) is 8.38. The molecule has 4 heteroatoms. The summed E-state index contributed by atoms with van der Waals surface area (Å²) in [5.74, 6) is 0.454. The van der Waals surface area contributed by atoms with Crippen LogP contribution < -0.4 is 10.1 Å². The molecule has 1 saturated heterocycles. The van der Waals surface area contributed by atoms with Crippen molar-refractivity contribution in [1.29, 1.82) is 0 Å². The van der Waals surface area contributed by atoms with E-state index in [1.165, 1.54) is 12.0 Å². The van der Waals surface area contributed by atoms with E-state index in [0.29, 0.717) is 17.4 Å². The summed E-state index contributed by atoms with van der Waals surface area (Å²) in [6.45, 7) is 7.56. The van der Waals surface area contributed by atoms with Crippen LogP contribution in [0.3, 0.4) is 0 Å². The van der Waals surface area contributed by atoms with Crippen molar-refractivity contribution >= 4 is 11.6 Å². The number of methoxy groups -OCH3 is 1. The number of likely N-dealkylation sites (tertiary alicyclic amines) is 1. The molecule has 0 bridgehead atoms. The van der Waals surface area contributed by atoms with Gasteiger partial charge in [-0.05, 0) is 67.2 Å². The summed E-state index contributed by atoms with van der Waals surface area (Å²) >= 11 is 0. The van der Waals surface area contributed by atoms with Gasteiger partial charge in [-0.3, -0.25) is 9.69 Å². The molecule has 2 aromatic rings. The third kappa shape index (κ3) is 4.33. The predicted molar refractivity (Wildman–Crippen MR) is 111 cm³/mol. The highest BCUT2D eigenvalue weighted by Crippen LogP contribution is 2.32. The van der Waals surface area contributed by atoms with Crippen molar-refractivity contribution in [1.82, 2.24) is 4.90 Å². The number of hydrogen-bond donors (Lipinski definition) is 1. The summed E-state index contributed by atoms with van der Waals surface area (Å²) in [5, 5.41) is 3.03. The summed E-state index contributed by atoms with van der Waals surface area (Å²) in [4.78, 5) is 15.2. The average Bonchev–Trinajstić information content (AvgIpc) is 3.06. The largest absolute Gasteiger partial charge is 0.496 e. The molecule has 2 aromatic carbocycles. The number of anilines is 1. The molecule has 0 radical (unpaired) electrons. The van der Waals surface area contributed by atoms with Crippen molar-refractivity contribution < 1.29 is 9.53 Å². The molecule has 1 aliphatic heterocycles. The molecule has 1 atom stereocenters. The van der Waals surface area contributed by atoms with Crippen LogP contribution in [-0.4, -0.2) is 31.5 Å². The van der Waals surface area contributed by atoms with Crippen molar-refractivity contribution in [2.45, 2.75) is 45.1 Å². The van der Waals surface area contributed by atoms with E-state index in [2.05, 4.69) is 50.2 Å². The van der Waals surface area contributed by atoms with Gasteiger partial charge in [0.2, 0.25) is 0 Å². The van der Waals surface area contributed by atoms with Gasteiger partial charge >= 0.3 is 0 Å². The highest BCUT2D eigenvalue weighted by molar-refractivity contribution is 6.06. The van der Waals surface area contributed by atoms with Crippen LogP contribution in [0.4, 0.5) is 5.69 Å². The van der Waals surface area contributed by atoms with E-state index >= 15 is 0 Å². The Labute approximate surface area is 162 Å². The van der Waals surface area contributed by atoms with Crippen LogP contribution in [0.25, 0.3) is 0 Å². The Kier molecular flexibility index (Phi) is 5.56. The summed E-state index contributed by atoms with van der Waals surface area (Å²) in [6, 6.07) is 14.4. The highest BCUT2D eigenvalue weighted by atomic mass is 16.5. The topological polar surface area (TPSA) is 41.6 Å². The summed E-state index contributed by atoms with van der Waals surface area (Å²) < 4.78 is 5.49. The number of nitrogens with zero attached hydrogens (tertiary/aromatic N) is 1. The van der Waals surface area contributed by atoms with Gasteiger partial charge < -0.3 is 10.1 Å². The second kappa shape index (κ2) is 7.73. The minimum atomic E-state index is -0.149. The molecule has 0 aliphatic carbocycles. The van der Waals surface area contributed by atoms with Crippen LogP contribution >= 0.6 is 0 Å². The molecular formula is C23H30N2O2. The van der Waals surface area contributed by atoms with Gasteiger partial charge in [0, 0.05) is 11.7 Å². The maximum absolute atomic E-state index is 12.9. The second-order valence-electron chi connectivity index (χ2n) is 8.38. The molecule has 1 amide bonds. The average molecular weight is 367 g/mol. The van der Waals surface area contributed by atoms with Crippen LogP contribution in [0.5, 0.6) is 5.75 Å². The first-order chi connectivity index (χ1) is 12.8. The van der Waals surface area contributed by atoms with E-state index in [-0.39, 0.29) is 11.3 Å². The lowest BCUT2D eigenvalue weighted by atomic mass is 9.86. The van der Waals surface area contributed by atoms with Gasteiger partial charge in [0.15, 0.2) is 0 Å². The van der Waals surface area contributed by atoms with Gasteiger partial charge in [0.25, 0.3) is 5.91 Å². The highest BCUT2D eigenvalue weighted by Gasteiger charge is 2.23. The van der Waals surface area contributed by atoms with Crippen molar-refractivity contribution in [3.05, 3.63) is 59.2 Å². The summed E-state index contributed by atoms with van der Waals surface area (Å²) in [6.07, 6.45) is 2.38. The van der Waals surface area contributed by atoms with E-state index in [1.807, 2.05) is 30.3 Å². The van der Waals surface area contributed by atoms with Gasteiger partial charge in [-0.1, -0.05) is 39.0 Å². The van der Waals surface area contributed by atoms with Gasteiger partial charge in [-0.25, -0.2) is 0 Å². The Hall–Kier alpha value is -2.33. The zero-order valence-electron chi connectivity index (χ0n) is 17.0. The molecule has 1 heterocycles. The molecule has 0 saturated carbocycles. The summed E-state index contributed by atoms with van der Waals surface area (Å²) in [5.41, 5.74) is 3.77. The molecule has 144 valence electrons. The van der Waals surface area contributed by atoms with E-state index in [9.17, 15) is 4.79 Å². The third-order valence-electron chi connectivity index (χ3n) is 5.36. The minimum absolute atomic E-state index is 0.00390. The predicted octanol–water partition coefficient (Wildman–Crippen LogP) is 5.01. The summed E-state index contributed by atoms with van der Waals surface area (Å²) in [7, 11) is 3.76. The fraction of sp³-hybridized carbons (Fsp3) is 0.435. The van der Waals surface area contributed by atoms with Gasteiger partial charge in [0.05, 0.1) is 12.7 Å². The first-order valence-corrected chi connectivity index (χ1v) is 9.59. The first kappa shape index (κ1) is 19.4. The smallest absolute Gasteiger partial charge is 0.259 e.